The standard InChI is InChI=1S/C22H24O3/c1-3-4-5-8-17-11-13-18(14-12-17)15-24-22-16(2)21(23)19-9-6-7-10-20(19)25-22/h6-7,9-14H,3-5,8,15H2,1-2H3. The fourth-order valence-electron chi connectivity index (χ4n) is 2.88. The molecule has 0 bridgehead atoms. The van der Waals surface area contributed by atoms with E-state index >= 15 is 0 Å². The second-order valence-electron chi connectivity index (χ2n) is 6.40. The van der Waals surface area contributed by atoms with Gasteiger partial charge in [0.25, 0.3) is 5.95 Å². The molecule has 0 unspecified atom stereocenters. The third-order valence-corrected chi connectivity index (χ3v) is 4.44. The van der Waals surface area contributed by atoms with Crippen molar-refractivity contribution in [2.75, 3.05) is 0 Å². The Hall–Kier alpha value is -2.55. The maximum Gasteiger partial charge on any atom is 0.292 e. The lowest BCUT2D eigenvalue weighted by molar-refractivity contribution is 0.232. The summed E-state index contributed by atoms with van der Waals surface area (Å²) in [6, 6.07) is 15.7. The van der Waals surface area contributed by atoms with Crippen LogP contribution in [0.1, 0.15) is 42.9 Å². The molecule has 25 heavy (non-hydrogen) atoms. The molecule has 0 aliphatic rings. The molecule has 1 aromatic heterocycles. The predicted molar refractivity (Wildman–Crippen MR) is 101 cm³/mol. The minimum atomic E-state index is -0.0388. The van der Waals surface area contributed by atoms with E-state index in [4.69, 9.17) is 9.15 Å². The number of unbranched alkanes of at least 4 members (excludes halogenated alkanes) is 2. The van der Waals surface area contributed by atoms with Crippen molar-refractivity contribution in [1.29, 1.82) is 0 Å². The highest BCUT2D eigenvalue weighted by Gasteiger charge is 2.11. The van der Waals surface area contributed by atoms with Gasteiger partial charge >= 0.3 is 0 Å². The van der Waals surface area contributed by atoms with Gasteiger partial charge in [0, 0.05) is 0 Å². The molecular weight excluding hydrogens is 312 g/mol. The molecule has 0 saturated heterocycles. The maximum atomic E-state index is 12.4. The van der Waals surface area contributed by atoms with Crippen LogP contribution in [-0.4, -0.2) is 0 Å². The van der Waals surface area contributed by atoms with Gasteiger partial charge < -0.3 is 9.15 Å². The lowest BCUT2D eigenvalue weighted by Gasteiger charge is -2.09. The average molecular weight is 336 g/mol. The van der Waals surface area contributed by atoms with Crippen LogP contribution in [0.2, 0.25) is 0 Å². The van der Waals surface area contributed by atoms with Crippen LogP contribution < -0.4 is 10.2 Å². The van der Waals surface area contributed by atoms with Gasteiger partial charge in [-0.2, -0.15) is 0 Å². The molecule has 130 valence electrons. The number of hydrogen-bond acceptors (Lipinski definition) is 3. The number of benzene rings is 2. The smallest absolute Gasteiger partial charge is 0.292 e. The number of fused-ring (bicyclic) bond motifs is 1. The summed E-state index contributed by atoms with van der Waals surface area (Å²) in [4.78, 5) is 12.4. The normalized spacial score (nSPS) is 11.0. The highest BCUT2D eigenvalue weighted by molar-refractivity contribution is 5.77. The molecule has 0 atom stereocenters. The first-order chi connectivity index (χ1) is 12.2. The molecule has 0 fully saturated rings. The van der Waals surface area contributed by atoms with E-state index in [0.29, 0.717) is 29.1 Å². The molecule has 1 heterocycles. The van der Waals surface area contributed by atoms with Gasteiger partial charge in [-0.15, -0.1) is 0 Å². The quantitative estimate of drug-likeness (QED) is 0.541. The van der Waals surface area contributed by atoms with Crippen molar-refractivity contribution in [3.8, 4) is 5.95 Å². The van der Waals surface area contributed by atoms with Crippen LogP contribution in [-0.2, 0) is 13.0 Å². The first-order valence-corrected chi connectivity index (χ1v) is 8.92. The summed E-state index contributed by atoms with van der Waals surface area (Å²) in [6.07, 6.45) is 4.86. The lowest BCUT2D eigenvalue weighted by Crippen LogP contribution is -2.08. The highest BCUT2D eigenvalue weighted by atomic mass is 16.6. The van der Waals surface area contributed by atoms with Crippen LogP contribution in [0.4, 0.5) is 0 Å². The predicted octanol–water partition coefficient (Wildman–Crippen LogP) is 5.41. The van der Waals surface area contributed by atoms with E-state index < -0.39 is 0 Å². The zero-order chi connectivity index (χ0) is 17.6. The zero-order valence-corrected chi connectivity index (χ0v) is 14.9. The van der Waals surface area contributed by atoms with Gasteiger partial charge in [0.15, 0.2) is 5.43 Å². The molecule has 3 aromatic rings. The molecule has 2 aromatic carbocycles. The Labute approximate surface area is 148 Å². The second kappa shape index (κ2) is 8.02. The topological polar surface area (TPSA) is 39.4 Å². The largest absolute Gasteiger partial charge is 0.460 e. The Balaban J connectivity index is 1.70. The monoisotopic (exact) mass is 336 g/mol. The van der Waals surface area contributed by atoms with Gasteiger partial charge in [-0.1, -0.05) is 56.2 Å². The van der Waals surface area contributed by atoms with Crippen LogP contribution in [0.3, 0.4) is 0 Å². The summed E-state index contributed by atoms with van der Waals surface area (Å²) in [6.45, 7) is 4.34. The molecule has 3 rings (SSSR count). The zero-order valence-electron chi connectivity index (χ0n) is 14.9. The molecule has 0 amide bonds. The van der Waals surface area contributed by atoms with E-state index in [1.54, 1.807) is 19.1 Å². The van der Waals surface area contributed by atoms with E-state index in [1.807, 2.05) is 12.1 Å². The molecule has 0 radical (unpaired) electrons. The minimum absolute atomic E-state index is 0.0388. The van der Waals surface area contributed by atoms with Crippen molar-refractivity contribution in [3.63, 3.8) is 0 Å². The van der Waals surface area contributed by atoms with E-state index in [2.05, 4.69) is 31.2 Å². The van der Waals surface area contributed by atoms with Crippen LogP contribution in [0.15, 0.2) is 57.7 Å². The van der Waals surface area contributed by atoms with E-state index in [1.165, 1.54) is 24.8 Å². The van der Waals surface area contributed by atoms with Gasteiger partial charge in [0.2, 0.25) is 0 Å². The fourth-order valence-corrected chi connectivity index (χ4v) is 2.88. The third-order valence-electron chi connectivity index (χ3n) is 4.44. The molecule has 0 aliphatic heterocycles. The molecule has 3 heteroatoms. The summed E-state index contributed by atoms with van der Waals surface area (Å²) in [5, 5.41) is 0.587. The van der Waals surface area contributed by atoms with Crippen molar-refractivity contribution in [3.05, 3.63) is 75.4 Å². The second-order valence-corrected chi connectivity index (χ2v) is 6.40. The van der Waals surface area contributed by atoms with Crippen molar-refractivity contribution >= 4 is 11.0 Å². The first-order valence-electron chi connectivity index (χ1n) is 8.92. The van der Waals surface area contributed by atoms with Gasteiger partial charge in [0.1, 0.15) is 12.2 Å². The van der Waals surface area contributed by atoms with Crippen LogP contribution in [0, 0.1) is 6.92 Å². The third kappa shape index (κ3) is 4.11. The van der Waals surface area contributed by atoms with Crippen molar-refractivity contribution < 1.29 is 9.15 Å². The number of rotatable bonds is 7. The van der Waals surface area contributed by atoms with Crippen LogP contribution >= 0.6 is 0 Å². The van der Waals surface area contributed by atoms with E-state index in [9.17, 15) is 4.79 Å². The summed E-state index contributed by atoms with van der Waals surface area (Å²) in [7, 11) is 0. The number of para-hydroxylation sites is 1. The molecule has 3 nitrogen and oxygen atoms in total. The highest BCUT2D eigenvalue weighted by Crippen LogP contribution is 2.22. The summed E-state index contributed by atoms with van der Waals surface area (Å²) in [5.41, 5.74) is 3.44. The van der Waals surface area contributed by atoms with Crippen molar-refractivity contribution in [2.45, 2.75) is 46.1 Å². The molecule has 0 N–H and O–H groups in total. The Morgan fingerprint density at radius 2 is 1.68 bits per heavy atom. The Kier molecular flexibility index (Phi) is 5.54. The van der Waals surface area contributed by atoms with E-state index in [-0.39, 0.29) is 5.43 Å². The van der Waals surface area contributed by atoms with Gasteiger partial charge in [-0.05, 0) is 43.0 Å². The maximum absolute atomic E-state index is 12.4. The van der Waals surface area contributed by atoms with Gasteiger partial charge in [0.05, 0.1) is 10.9 Å². The van der Waals surface area contributed by atoms with Crippen LogP contribution in [0.5, 0.6) is 5.95 Å². The Morgan fingerprint density at radius 1 is 0.960 bits per heavy atom. The fraction of sp³-hybridized carbons (Fsp3) is 0.318. The van der Waals surface area contributed by atoms with Crippen molar-refractivity contribution in [2.24, 2.45) is 0 Å². The number of ether oxygens (including phenoxy) is 1. The average Bonchev–Trinajstić information content (AvgIpc) is 2.65. The minimum Gasteiger partial charge on any atom is -0.460 e. The van der Waals surface area contributed by atoms with Crippen LogP contribution in [0.25, 0.3) is 11.0 Å². The summed E-state index contributed by atoms with van der Waals surface area (Å²) in [5.74, 6) is 0.302. The van der Waals surface area contributed by atoms with E-state index in [0.717, 1.165) is 12.0 Å². The molecular formula is C22H24O3. The number of aryl methyl sites for hydroxylation is 1. The molecule has 0 spiro atoms. The van der Waals surface area contributed by atoms with Gasteiger partial charge in [-0.25, -0.2) is 0 Å². The SMILES string of the molecule is CCCCCc1ccc(COc2oc3ccccc3c(=O)c2C)cc1. The molecule has 0 saturated carbocycles. The lowest BCUT2D eigenvalue weighted by atomic mass is 10.1. The van der Waals surface area contributed by atoms with Crippen molar-refractivity contribution in [1.82, 2.24) is 0 Å². The molecule has 0 aliphatic carbocycles. The Morgan fingerprint density at radius 3 is 2.44 bits per heavy atom. The first kappa shape index (κ1) is 17.3. The summed E-state index contributed by atoms with van der Waals surface area (Å²) >= 11 is 0. The Bertz CT molecular complexity index is 891. The van der Waals surface area contributed by atoms with Gasteiger partial charge in [-0.3, -0.25) is 4.79 Å². The summed E-state index contributed by atoms with van der Waals surface area (Å²) < 4.78 is 11.5. The number of hydrogen-bond donors (Lipinski definition) is 0.